The summed E-state index contributed by atoms with van der Waals surface area (Å²) >= 11 is 0. The van der Waals surface area contributed by atoms with Crippen LogP contribution in [0.25, 0.3) is 5.69 Å². The highest BCUT2D eigenvalue weighted by atomic mass is 127. The van der Waals surface area contributed by atoms with Crippen molar-refractivity contribution in [3.8, 4) is 5.69 Å². The van der Waals surface area contributed by atoms with Crippen molar-refractivity contribution in [3.63, 3.8) is 0 Å². The largest absolute Gasteiger partial charge is 0.356 e. The topological polar surface area (TPSA) is 57.5 Å². The Kier molecular flexibility index (Phi) is 13.4. The lowest BCUT2D eigenvalue weighted by Crippen LogP contribution is -2.38. The molecule has 2 N–H and O–H groups in total. The van der Waals surface area contributed by atoms with Crippen LogP contribution in [0.1, 0.15) is 37.7 Å². The fraction of sp³-hybridized carbons (Fsp3) is 0.545. The van der Waals surface area contributed by atoms with Gasteiger partial charge in [-0.15, -0.1) is 24.0 Å². The minimum atomic E-state index is 0. The maximum atomic E-state index is 4.31. The van der Waals surface area contributed by atoms with Crippen LogP contribution in [0.4, 0.5) is 0 Å². The van der Waals surface area contributed by atoms with E-state index >= 15 is 0 Å². The fourth-order valence-electron chi connectivity index (χ4n) is 3.07. The summed E-state index contributed by atoms with van der Waals surface area (Å²) in [5.41, 5.74) is 2.39. The van der Waals surface area contributed by atoms with Crippen LogP contribution >= 0.6 is 24.0 Å². The van der Waals surface area contributed by atoms with E-state index in [1.165, 1.54) is 44.2 Å². The first-order chi connectivity index (χ1) is 13.7. The molecule has 0 unspecified atom stereocenters. The van der Waals surface area contributed by atoms with Crippen LogP contribution in [0, 0.1) is 0 Å². The molecule has 1 aromatic carbocycles. The number of rotatable bonds is 12. The van der Waals surface area contributed by atoms with Gasteiger partial charge in [-0.1, -0.05) is 31.4 Å². The zero-order valence-corrected chi connectivity index (χ0v) is 20.4. The fourth-order valence-corrected chi connectivity index (χ4v) is 3.07. The molecule has 7 heteroatoms. The molecule has 2 rings (SSSR count). The van der Waals surface area contributed by atoms with E-state index < -0.39 is 0 Å². The van der Waals surface area contributed by atoms with Gasteiger partial charge in [-0.05, 0) is 63.7 Å². The van der Waals surface area contributed by atoms with E-state index in [-0.39, 0.29) is 24.0 Å². The molecule has 0 aliphatic carbocycles. The number of nitrogens with one attached hydrogen (secondary N) is 2. The molecule has 1 heterocycles. The van der Waals surface area contributed by atoms with Gasteiger partial charge in [-0.2, -0.15) is 5.10 Å². The van der Waals surface area contributed by atoms with Crippen molar-refractivity contribution in [2.24, 2.45) is 4.99 Å². The van der Waals surface area contributed by atoms with Crippen molar-refractivity contribution < 1.29 is 0 Å². The monoisotopic (exact) mass is 512 g/mol. The van der Waals surface area contributed by atoms with E-state index in [1.807, 2.05) is 24.0 Å². The molecule has 2 aromatic rings. The molecule has 0 amide bonds. The Bertz CT molecular complexity index is 667. The lowest BCUT2D eigenvalue weighted by Gasteiger charge is -2.12. The zero-order chi connectivity index (χ0) is 20.0. The van der Waals surface area contributed by atoms with Gasteiger partial charge in [0.2, 0.25) is 0 Å². The van der Waals surface area contributed by atoms with Gasteiger partial charge in [0.15, 0.2) is 5.96 Å². The molecule has 0 saturated carbocycles. The Morgan fingerprint density at radius 1 is 1.00 bits per heavy atom. The number of benzene rings is 1. The number of unbranched alkanes of at least 4 members (excludes halogenated alkanes) is 4. The molecule has 0 bridgehead atoms. The van der Waals surface area contributed by atoms with Crippen molar-refractivity contribution >= 4 is 29.9 Å². The lowest BCUT2D eigenvalue weighted by molar-refractivity contribution is 0.389. The Hall–Kier alpha value is -1.61. The predicted molar refractivity (Wildman–Crippen MR) is 134 cm³/mol. The van der Waals surface area contributed by atoms with Crippen LogP contribution < -0.4 is 10.6 Å². The van der Waals surface area contributed by atoms with Gasteiger partial charge in [0, 0.05) is 32.5 Å². The van der Waals surface area contributed by atoms with Crippen LogP contribution in [0.3, 0.4) is 0 Å². The Morgan fingerprint density at radius 3 is 2.34 bits per heavy atom. The third kappa shape index (κ3) is 10.7. The molecule has 0 aliphatic heterocycles. The van der Waals surface area contributed by atoms with Crippen molar-refractivity contribution in [2.75, 3.05) is 40.8 Å². The lowest BCUT2D eigenvalue weighted by atomic mass is 10.1. The molecule has 1 aromatic heterocycles. The molecule has 0 aliphatic rings. The Morgan fingerprint density at radius 2 is 1.69 bits per heavy atom. The molecule has 0 spiro atoms. The number of guanidine groups is 1. The van der Waals surface area contributed by atoms with Gasteiger partial charge < -0.3 is 15.5 Å². The van der Waals surface area contributed by atoms with Crippen molar-refractivity contribution in [1.29, 1.82) is 0 Å². The maximum absolute atomic E-state index is 4.31. The van der Waals surface area contributed by atoms with E-state index in [2.05, 4.69) is 64.0 Å². The molecule has 162 valence electrons. The molecule has 0 fully saturated rings. The zero-order valence-electron chi connectivity index (χ0n) is 18.1. The molecule has 6 nitrogen and oxygen atoms in total. The second-order valence-corrected chi connectivity index (χ2v) is 7.36. The smallest absolute Gasteiger partial charge is 0.190 e. The minimum absolute atomic E-state index is 0. The van der Waals surface area contributed by atoms with Crippen molar-refractivity contribution in [1.82, 2.24) is 25.3 Å². The van der Waals surface area contributed by atoms with E-state index in [4.69, 9.17) is 0 Å². The second-order valence-electron chi connectivity index (χ2n) is 7.36. The van der Waals surface area contributed by atoms with E-state index in [0.29, 0.717) is 0 Å². The number of hydrogen-bond acceptors (Lipinski definition) is 3. The number of aliphatic imine (C=N–C) groups is 1. The average molecular weight is 512 g/mol. The summed E-state index contributed by atoms with van der Waals surface area (Å²) in [7, 11) is 6.10. The van der Waals surface area contributed by atoms with Crippen molar-refractivity contribution in [3.05, 3.63) is 48.3 Å². The number of halogens is 1. The van der Waals surface area contributed by atoms with E-state index in [0.717, 1.165) is 31.2 Å². The molecular weight excluding hydrogens is 475 g/mol. The minimum Gasteiger partial charge on any atom is -0.356 e. The highest BCUT2D eigenvalue weighted by Gasteiger charge is 2.00. The van der Waals surface area contributed by atoms with Gasteiger partial charge >= 0.3 is 0 Å². The summed E-state index contributed by atoms with van der Waals surface area (Å²) in [6.45, 7) is 3.04. The molecule has 0 radical (unpaired) electrons. The molecule has 29 heavy (non-hydrogen) atoms. The second kappa shape index (κ2) is 15.3. The average Bonchev–Trinajstić information content (AvgIpc) is 3.23. The van der Waals surface area contributed by atoms with Crippen LogP contribution in [0.15, 0.2) is 47.7 Å². The maximum Gasteiger partial charge on any atom is 0.190 e. The van der Waals surface area contributed by atoms with Crippen LogP contribution in [0.5, 0.6) is 0 Å². The standard InChI is InChI=1S/C22H36N6.HI/c1-23-22(24-15-7-5-4-6-8-18-27(2)3)25-17-14-20-10-12-21(13-11-20)28-19-9-16-26-28;/h9-13,16,19H,4-8,14-15,17-18H2,1-3H3,(H2,23,24,25);1H. The molecular formula is C22H37IN6. The summed E-state index contributed by atoms with van der Waals surface area (Å²) < 4.78 is 1.87. The first-order valence-corrected chi connectivity index (χ1v) is 10.4. The third-order valence-corrected chi connectivity index (χ3v) is 4.71. The van der Waals surface area contributed by atoms with E-state index in [1.54, 1.807) is 6.20 Å². The summed E-state index contributed by atoms with van der Waals surface area (Å²) in [6.07, 6.45) is 11.1. The molecule has 0 saturated heterocycles. The first-order valence-electron chi connectivity index (χ1n) is 10.4. The van der Waals surface area contributed by atoms with Crippen LogP contribution in [-0.2, 0) is 6.42 Å². The number of hydrogen-bond donors (Lipinski definition) is 2. The van der Waals surface area contributed by atoms with Gasteiger partial charge in [0.05, 0.1) is 5.69 Å². The quantitative estimate of drug-likeness (QED) is 0.197. The third-order valence-electron chi connectivity index (χ3n) is 4.71. The first kappa shape index (κ1) is 25.4. The van der Waals surface area contributed by atoms with Crippen LogP contribution in [-0.4, -0.2) is 61.4 Å². The Labute approximate surface area is 193 Å². The van der Waals surface area contributed by atoms with Crippen LogP contribution in [0.2, 0.25) is 0 Å². The van der Waals surface area contributed by atoms with Crippen molar-refractivity contribution in [2.45, 2.75) is 38.5 Å². The summed E-state index contributed by atoms with van der Waals surface area (Å²) in [5, 5.41) is 11.1. The number of aromatic nitrogens is 2. The highest BCUT2D eigenvalue weighted by Crippen LogP contribution is 2.08. The summed E-state index contributed by atoms with van der Waals surface area (Å²) in [5.74, 6) is 0.890. The van der Waals surface area contributed by atoms with Gasteiger partial charge in [0.1, 0.15) is 0 Å². The summed E-state index contributed by atoms with van der Waals surface area (Å²) in [6, 6.07) is 10.5. The van der Waals surface area contributed by atoms with Gasteiger partial charge in [0.25, 0.3) is 0 Å². The van der Waals surface area contributed by atoms with Gasteiger partial charge in [-0.25, -0.2) is 4.68 Å². The SMILES string of the molecule is CN=C(NCCCCCCCN(C)C)NCCc1ccc(-n2cccn2)cc1.I. The van der Waals surface area contributed by atoms with E-state index in [9.17, 15) is 0 Å². The van der Waals surface area contributed by atoms with Gasteiger partial charge in [-0.3, -0.25) is 4.99 Å². The summed E-state index contributed by atoms with van der Waals surface area (Å²) in [4.78, 5) is 6.57. The predicted octanol–water partition coefficient (Wildman–Crippen LogP) is 3.71. The molecule has 0 atom stereocenters. The number of nitrogens with zero attached hydrogens (tertiary/aromatic N) is 4. The normalized spacial score (nSPS) is 11.4. The Balaban J connectivity index is 0.00000420. The highest BCUT2D eigenvalue weighted by molar-refractivity contribution is 14.0.